The molecule has 3 aromatic rings. The minimum atomic E-state index is 0.958. The lowest BCUT2D eigenvalue weighted by Crippen LogP contribution is -1.90. The first kappa shape index (κ1) is 11.5. The van der Waals surface area contributed by atoms with Crippen molar-refractivity contribution in [3.8, 4) is 11.4 Å². The van der Waals surface area contributed by atoms with Crippen LogP contribution in [-0.4, -0.2) is 16.5 Å². The average molecular weight is 263 g/mol. The average Bonchev–Trinajstić information content (AvgIpc) is 3.04. The van der Waals surface area contributed by atoms with E-state index in [1.165, 1.54) is 27.9 Å². The van der Waals surface area contributed by atoms with Crippen molar-refractivity contribution in [3.63, 3.8) is 0 Å². The maximum atomic E-state index is 4.73. The van der Waals surface area contributed by atoms with Crippen LogP contribution in [0.25, 0.3) is 22.4 Å². The molecule has 0 fully saturated rings. The summed E-state index contributed by atoms with van der Waals surface area (Å²) >= 11 is 0. The molecule has 2 N–H and O–H groups in total. The Morgan fingerprint density at radius 3 is 2.80 bits per heavy atom. The Morgan fingerprint density at radius 2 is 1.90 bits per heavy atom. The van der Waals surface area contributed by atoms with Crippen LogP contribution >= 0.6 is 0 Å². The summed E-state index contributed by atoms with van der Waals surface area (Å²) in [7, 11) is 0. The number of rotatable bonds is 1. The van der Waals surface area contributed by atoms with E-state index in [9.17, 15) is 0 Å². The minimum Gasteiger partial charge on any atom is -0.384 e. The number of anilines is 1. The van der Waals surface area contributed by atoms with Gasteiger partial charge in [-0.3, -0.25) is 0 Å². The lowest BCUT2D eigenvalue weighted by Gasteiger charge is -2.01. The highest BCUT2D eigenvalue weighted by molar-refractivity contribution is 5.81. The van der Waals surface area contributed by atoms with E-state index in [0.717, 1.165) is 29.8 Å². The lowest BCUT2D eigenvalue weighted by molar-refractivity contribution is 1.11. The summed E-state index contributed by atoms with van der Waals surface area (Å²) in [5, 5.41) is 3.39. The summed E-state index contributed by atoms with van der Waals surface area (Å²) in [4.78, 5) is 8.17. The van der Waals surface area contributed by atoms with Gasteiger partial charge in [-0.2, -0.15) is 0 Å². The standard InChI is InChI=1S/C17H17N3/c1-10-7-15-16(8-11(10)2)20-17(19-15)13-3-4-14-12(9-13)5-6-18-14/h3-4,7-9,18H,5-6H2,1-2H3,(H,19,20). The number of aromatic nitrogens is 2. The van der Waals surface area contributed by atoms with Gasteiger partial charge in [0.05, 0.1) is 11.0 Å². The maximum absolute atomic E-state index is 4.73. The van der Waals surface area contributed by atoms with Gasteiger partial charge in [0.1, 0.15) is 5.82 Å². The van der Waals surface area contributed by atoms with Crippen molar-refractivity contribution >= 4 is 16.7 Å². The zero-order valence-corrected chi connectivity index (χ0v) is 11.7. The fraction of sp³-hybridized carbons (Fsp3) is 0.235. The molecule has 0 unspecified atom stereocenters. The monoisotopic (exact) mass is 263 g/mol. The van der Waals surface area contributed by atoms with Gasteiger partial charge >= 0.3 is 0 Å². The summed E-state index contributed by atoms with van der Waals surface area (Å²) in [6.45, 7) is 5.30. The lowest BCUT2D eigenvalue weighted by atomic mass is 10.1. The van der Waals surface area contributed by atoms with E-state index in [4.69, 9.17) is 4.98 Å². The van der Waals surface area contributed by atoms with Crippen LogP contribution in [0.1, 0.15) is 16.7 Å². The van der Waals surface area contributed by atoms with Crippen LogP contribution in [0.5, 0.6) is 0 Å². The zero-order chi connectivity index (χ0) is 13.7. The van der Waals surface area contributed by atoms with Crippen LogP contribution in [0, 0.1) is 13.8 Å². The third-order valence-corrected chi connectivity index (χ3v) is 4.19. The van der Waals surface area contributed by atoms with Gasteiger partial charge in [-0.15, -0.1) is 0 Å². The Kier molecular flexibility index (Phi) is 2.36. The summed E-state index contributed by atoms with van der Waals surface area (Å²) in [6.07, 6.45) is 1.10. The molecule has 0 aliphatic carbocycles. The first-order valence-corrected chi connectivity index (χ1v) is 7.05. The molecular weight excluding hydrogens is 246 g/mol. The van der Waals surface area contributed by atoms with E-state index >= 15 is 0 Å². The number of fused-ring (bicyclic) bond motifs is 2. The van der Waals surface area contributed by atoms with Crippen LogP contribution in [-0.2, 0) is 6.42 Å². The van der Waals surface area contributed by atoms with Crippen molar-refractivity contribution in [2.45, 2.75) is 20.3 Å². The molecule has 0 saturated heterocycles. The van der Waals surface area contributed by atoms with Crippen molar-refractivity contribution in [2.24, 2.45) is 0 Å². The summed E-state index contributed by atoms with van der Waals surface area (Å²) < 4.78 is 0. The highest BCUT2D eigenvalue weighted by Gasteiger charge is 2.12. The van der Waals surface area contributed by atoms with Crippen LogP contribution in [0.2, 0.25) is 0 Å². The normalized spacial score (nSPS) is 13.5. The number of hydrogen-bond donors (Lipinski definition) is 2. The van der Waals surface area contributed by atoms with Crippen molar-refractivity contribution in [2.75, 3.05) is 11.9 Å². The van der Waals surface area contributed by atoms with Crippen LogP contribution in [0.4, 0.5) is 5.69 Å². The first-order valence-electron chi connectivity index (χ1n) is 7.05. The number of aromatic amines is 1. The molecule has 0 atom stereocenters. The largest absolute Gasteiger partial charge is 0.384 e. The summed E-state index contributed by atoms with van der Waals surface area (Å²) in [5.74, 6) is 0.958. The zero-order valence-electron chi connectivity index (χ0n) is 11.7. The predicted molar refractivity (Wildman–Crippen MR) is 83.2 cm³/mol. The molecule has 0 bridgehead atoms. The predicted octanol–water partition coefficient (Wildman–Crippen LogP) is 3.81. The molecule has 0 radical (unpaired) electrons. The Hall–Kier alpha value is -2.29. The van der Waals surface area contributed by atoms with Gasteiger partial charge in [0, 0.05) is 17.8 Å². The third kappa shape index (κ3) is 1.70. The Bertz CT molecular complexity index is 775. The maximum Gasteiger partial charge on any atom is 0.138 e. The minimum absolute atomic E-state index is 0.958. The Morgan fingerprint density at radius 1 is 1.05 bits per heavy atom. The molecule has 2 heterocycles. The first-order chi connectivity index (χ1) is 9.70. The molecule has 20 heavy (non-hydrogen) atoms. The number of imidazole rings is 1. The topological polar surface area (TPSA) is 40.7 Å². The molecule has 1 aromatic heterocycles. The van der Waals surface area contributed by atoms with E-state index in [1.807, 2.05) is 0 Å². The van der Waals surface area contributed by atoms with E-state index in [2.05, 4.69) is 54.5 Å². The molecule has 0 amide bonds. The van der Waals surface area contributed by atoms with Gasteiger partial charge < -0.3 is 10.3 Å². The molecule has 0 spiro atoms. The number of hydrogen-bond acceptors (Lipinski definition) is 2. The molecule has 1 aliphatic rings. The number of nitrogens with one attached hydrogen (secondary N) is 2. The number of H-pyrrole nitrogens is 1. The fourth-order valence-electron chi connectivity index (χ4n) is 2.86. The van der Waals surface area contributed by atoms with Crippen molar-refractivity contribution < 1.29 is 0 Å². The van der Waals surface area contributed by atoms with Gasteiger partial charge in [0.2, 0.25) is 0 Å². The second kappa shape index (κ2) is 4.10. The van der Waals surface area contributed by atoms with E-state index in [1.54, 1.807) is 0 Å². The quantitative estimate of drug-likeness (QED) is 0.701. The van der Waals surface area contributed by atoms with Crippen LogP contribution in [0.15, 0.2) is 30.3 Å². The van der Waals surface area contributed by atoms with E-state index in [0.29, 0.717) is 0 Å². The van der Waals surface area contributed by atoms with E-state index in [-0.39, 0.29) is 0 Å². The second-order valence-corrected chi connectivity index (χ2v) is 5.59. The van der Waals surface area contributed by atoms with E-state index < -0.39 is 0 Å². The Balaban J connectivity index is 1.86. The second-order valence-electron chi connectivity index (χ2n) is 5.59. The summed E-state index contributed by atoms with van der Waals surface area (Å²) in [6, 6.07) is 10.9. The van der Waals surface area contributed by atoms with Crippen molar-refractivity contribution in [3.05, 3.63) is 47.0 Å². The molecule has 4 rings (SSSR count). The van der Waals surface area contributed by atoms with Gasteiger partial charge in [-0.1, -0.05) is 0 Å². The summed E-state index contributed by atoms with van der Waals surface area (Å²) in [5.41, 5.74) is 8.55. The SMILES string of the molecule is Cc1cc2nc(-c3ccc4c(c3)CCN4)[nH]c2cc1C. The number of nitrogens with zero attached hydrogens (tertiary/aromatic N) is 1. The molecule has 100 valence electrons. The Labute approximate surface area is 118 Å². The molecule has 2 aromatic carbocycles. The number of aryl methyl sites for hydroxylation is 2. The highest BCUT2D eigenvalue weighted by Crippen LogP contribution is 2.28. The third-order valence-electron chi connectivity index (χ3n) is 4.19. The van der Waals surface area contributed by atoms with Gasteiger partial charge in [0.15, 0.2) is 0 Å². The van der Waals surface area contributed by atoms with Crippen LogP contribution < -0.4 is 5.32 Å². The van der Waals surface area contributed by atoms with Gasteiger partial charge in [-0.05, 0) is 67.3 Å². The molecule has 0 saturated carbocycles. The molecular formula is C17H17N3. The number of benzene rings is 2. The van der Waals surface area contributed by atoms with Gasteiger partial charge in [-0.25, -0.2) is 4.98 Å². The highest BCUT2D eigenvalue weighted by atomic mass is 14.9. The molecule has 3 heteroatoms. The van der Waals surface area contributed by atoms with Crippen LogP contribution in [0.3, 0.4) is 0 Å². The fourth-order valence-corrected chi connectivity index (χ4v) is 2.86. The molecule has 1 aliphatic heterocycles. The van der Waals surface area contributed by atoms with Gasteiger partial charge in [0.25, 0.3) is 0 Å². The molecule has 3 nitrogen and oxygen atoms in total. The van der Waals surface area contributed by atoms with Crippen molar-refractivity contribution in [1.29, 1.82) is 0 Å². The van der Waals surface area contributed by atoms with Crippen molar-refractivity contribution in [1.82, 2.24) is 9.97 Å². The smallest absolute Gasteiger partial charge is 0.138 e.